The van der Waals surface area contributed by atoms with Crippen LogP contribution in [0.15, 0.2) is 47.4 Å². The van der Waals surface area contributed by atoms with E-state index in [0.29, 0.717) is 12.8 Å². The highest BCUT2D eigenvalue weighted by molar-refractivity contribution is 7.89. The van der Waals surface area contributed by atoms with Gasteiger partial charge in [-0.15, -0.1) is 0 Å². The van der Waals surface area contributed by atoms with Crippen LogP contribution in [0.4, 0.5) is 5.69 Å². The Bertz CT molecular complexity index is 1020. The molecule has 0 radical (unpaired) electrons. The van der Waals surface area contributed by atoms with E-state index in [2.05, 4.69) is 5.32 Å². The number of rotatable bonds is 5. The van der Waals surface area contributed by atoms with Crippen LogP contribution in [0.2, 0.25) is 0 Å². The fourth-order valence-corrected chi connectivity index (χ4v) is 4.96. The van der Waals surface area contributed by atoms with Crippen LogP contribution in [0.1, 0.15) is 34.3 Å². The molecule has 0 aliphatic carbocycles. The second kappa shape index (κ2) is 8.34. The van der Waals surface area contributed by atoms with Crippen molar-refractivity contribution in [3.8, 4) is 0 Å². The molecule has 1 heterocycles. The van der Waals surface area contributed by atoms with Gasteiger partial charge in [0, 0.05) is 30.3 Å². The van der Waals surface area contributed by atoms with Crippen LogP contribution < -0.4 is 11.1 Å². The zero-order chi connectivity index (χ0) is 21.2. The molecule has 1 aliphatic heterocycles. The maximum atomic E-state index is 12.8. The van der Waals surface area contributed by atoms with Crippen LogP contribution >= 0.6 is 0 Å². The lowest BCUT2D eigenvalue weighted by atomic mass is 9.97. The molecule has 2 amide bonds. The molecule has 0 unspecified atom stereocenters. The minimum atomic E-state index is -3.67. The molecule has 0 bridgehead atoms. The number of sulfonamides is 1. The predicted octanol–water partition coefficient (Wildman–Crippen LogP) is 2.44. The summed E-state index contributed by atoms with van der Waals surface area (Å²) in [5, 5.41) is 2.96. The van der Waals surface area contributed by atoms with Crippen LogP contribution in [-0.2, 0) is 14.8 Å². The molecule has 29 heavy (non-hydrogen) atoms. The Hall–Kier alpha value is -2.71. The molecular weight excluding hydrogens is 390 g/mol. The maximum Gasteiger partial charge on any atom is 0.248 e. The fourth-order valence-electron chi connectivity index (χ4n) is 3.49. The number of anilines is 1. The zero-order valence-corrected chi connectivity index (χ0v) is 17.3. The lowest BCUT2D eigenvalue weighted by Gasteiger charge is -2.30. The average Bonchev–Trinajstić information content (AvgIpc) is 2.70. The lowest BCUT2D eigenvalue weighted by molar-refractivity contribution is -0.120. The Morgan fingerprint density at radius 3 is 2.21 bits per heavy atom. The monoisotopic (exact) mass is 415 g/mol. The normalized spacial score (nSPS) is 15.8. The van der Waals surface area contributed by atoms with E-state index in [-0.39, 0.29) is 35.4 Å². The third kappa shape index (κ3) is 4.65. The van der Waals surface area contributed by atoms with Gasteiger partial charge >= 0.3 is 0 Å². The second-order valence-corrected chi connectivity index (χ2v) is 9.31. The van der Waals surface area contributed by atoms with Crippen LogP contribution in [0.25, 0.3) is 0 Å². The van der Waals surface area contributed by atoms with Gasteiger partial charge in [-0.3, -0.25) is 9.59 Å². The maximum absolute atomic E-state index is 12.8. The van der Waals surface area contributed by atoms with Crippen LogP contribution in [0, 0.1) is 19.8 Å². The van der Waals surface area contributed by atoms with Gasteiger partial charge < -0.3 is 11.1 Å². The molecular formula is C21H25N3O4S. The molecule has 0 spiro atoms. The zero-order valence-electron chi connectivity index (χ0n) is 16.5. The van der Waals surface area contributed by atoms with Crippen LogP contribution in [0.5, 0.6) is 0 Å². The van der Waals surface area contributed by atoms with Gasteiger partial charge in [-0.05, 0) is 62.6 Å². The first-order valence-corrected chi connectivity index (χ1v) is 10.9. The van der Waals surface area contributed by atoms with Crippen LogP contribution in [0.3, 0.4) is 0 Å². The number of primary amides is 1. The first-order valence-electron chi connectivity index (χ1n) is 9.46. The van der Waals surface area contributed by atoms with Crippen molar-refractivity contribution in [2.75, 3.05) is 18.4 Å². The van der Waals surface area contributed by atoms with Crippen molar-refractivity contribution >= 4 is 27.5 Å². The van der Waals surface area contributed by atoms with Gasteiger partial charge in [0.15, 0.2) is 0 Å². The number of benzene rings is 2. The Balaban J connectivity index is 1.63. The fraction of sp³-hybridized carbons (Fsp3) is 0.333. The molecule has 0 aromatic heterocycles. The number of nitrogens with one attached hydrogen (secondary N) is 1. The number of carbonyl (C=O) groups is 2. The summed E-state index contributed by atoms with van der Waals surface area (Å²) < 4.78 is 27.0. The van der Waals surface area contributed by atoms with E-state index in [0.717, 1.165) is 16.8 Å². The third-order valence-corrected chi connectivity index (χ3v) is 7.15. The van der Waals surface area contributed by atoms with E-state index in [1.807, 2.05) is 32.0 Å². The van der Waals surface area contributed by atoms with Crippen LogP contribution in [-0.4, -0.2) is 37.6 Å². The molecule has 8 heteroatoms. The van der Waals surface area contributed by atoms with E-state index in [4.69, 9.17) is 5.73 Å². The number of amides is 2. The second-order valence-electron chi connectivity index (χ2n) is 7.37. The molecule has 1 fully saturated rings. The third-order valence-electron chi connectivity index (χ3n) is 5.24. The largest absolute Gasteiger partial charge is 0.366 e. The number of piperidine rings is 1. The number of hydrogen-bond donors (Lipinski definition) is 2. The summed E-state index contributed by atoms with van der Waals surface area (Å²) >= 11 is 0. The van der Waals surface area contributed by atoms with Crippen molar-refractivity contribution < 1.29 is 18.0 Å². The number of nitrogens with two attached hydrogens (primary N) is 1. The molecule has 3 rings (SSSR count). The van der Waals surface area contributed by atoms with E-state index >= 15 is 0 Å². The van der Waals surface area contributed by atoms with Crippen molar-refractivity contribution in [3.05, 3.63) is 59.2 Å². The molecule has 2 aromatic rings. The number of aryl methyl sites for hydroxylation is 2. The Morgan fingerprint density at radius 2 is 1.66 bits per heavy atom. The minimum absolute atomic E-state index is 0.0835. The number of nitrogens with zero attached hydrogens (tertiary/aromatic N) is 1. The van der Waals surface area contributed by atoms with Gasteiger partial charge in [-0.2, -0.15) is 4.31 Å². The highest BCUT2D eigenvalue weighted by atomic mass is 32.2. The lowest BCUT2D eigenvalue weighted by Crippen LogP contribution is -2.41. The van der Waals surface area contributed by atoms with E-state index in [1.54, 1.807) is 0 Å². The van der Waals surface area contributed by atoms with Gasteiger partial charge in [-0.1, -0.05) is 17.7 Å². The number of hydrogen-bond acceptors (Lipinski definition) is 4. The van der Waals surface area contributed by atoms with Gasteiger partial charge in [0.1, 0.15) is 0 Å². The quantitative estimate of drug-likeness (QED) is 0.781. The molecule has 7 nitrogen and oxygen atoms in total. The van der Waals surface area contributed by atoms with Crippen molar-refractivity contribution in [1.29, 1.82) is 0 Å². The standard InChI is InChI=1S/C21H25N3O4S/c1-14-3-8-19(15(2)13-14)23-21(26)17-9-11-24(12-10-17)29(27,28)18-6-4-16(5-7-18)20(22)25/h3-8,13,17H,9-12H2,1-2H3,(H2,22,25)(H,23,26). The van der Waals surface area contributed by atoms with Gasteiger partial charge in [-0.25, -0.2) is 8.42 Å². The minimum Gasteiger partial charge on any atom is -0.366 e. The predicted molar refractivity (Wildman–Crippen MR) is 111 cm³/mol. The van der Waals surface area contributed by atoms with Crippen molar-refractivity contribution in [2.45, 2.75) is 31.6 Å². The SMILES string of the molecule is Cc1ccc(NC(=O)C2CCN(S(=O)(=O)c3ccc(C(N)=O)cc3)CC2)c(C)c1. The summed E-state index contributed by atoms with van der Waals surface area (Å²) in [6, 6.07) is 11.4. The smallest absolute Gasteiger partial charge is 0.248 e. The highest BCUT2D eigenvalue weighted by Gasteiger charge is 2.32. The van der Waals surface area contributed by atoms with Gasteiger partial charge in [0.25, 0.3) is 0 Å². The van der Waals surface area contributed by atoms with Crippen molar-refractivity contribution in [2.24, 2.45) is 11.7 Å². The van der Waals surface area contributed by atoms with Gasteiger partial charge in [0.2, 0.25) is 21.8 Å². The van der Waals surface area contributed by atoms with Gasteiger partial charge in [0.05, 0.1) is 4.90 Å². The average molecular weight is 416 g/mol. The summed E-state index contributed by atoms with van der Waals surface area (Å²) in [7, 11) is -3.67. The Kier molecular flexibility index (Phi) is 6.04. The summed E-state index contributed by atoms with van der Waals surface area (Å²) in [5.74, 6) is -0.927. The Labute approximate surface area is 171 Å². The van der Waals surface area contributed by atoms with E-state index in [9.17, 15) is 18.0 Å². The molecule has 0 saturated carbocycles. The summed E-state index contributed by atoms with van der Waals surface area (Å²) in [6.45, 7) is 4.48. The van der Waals surface area contributed by atoms with E-state index in [1.165, 1.54) is 28.6 Å². The molecule has 1 aliphatic rings. The molecule has 3 N–H and O–H groups in total. The van der Waals surface area contributed by atoms with E-state index < -0.39 is 15.9 Å². The highest BCUT2D eigenvalue weighted by Crippen LogP contribution is 2.26. The van der Waals surface area contributed by atoms with Crippen molar-refractivity contribution in [1.82, 2.24) is 4.31 Å². The molecule has 1 saturated heterocycles. The molecule has 0 atom stereocenters. The molecule has 154 valence electrons. The number of carbonyl (C=O) groups excluding carboxylic acids is 2. The summed E-state index contributed by atoms with van der Waals surface area (Å²) in [6.07, 6.45) is 0.907. The molecule has 2 aromatic carbocycles. The first kappa shape index (κ1) is 21.0. The Morgan fingerprint density at radius 1 is 1.03 bits per heavy atom. The first-order chi connectivity index (χ1) is 13.7. The summed E-state index contributed by atoms with van der Waals surface area (Å²) in [5.41, 5.74) is 8.36. The summed E-state index contributed by atoms with van der Waals surface area (Å²) in [4.78, 5) is 23.9. The van der Waals surface area contributed by atoms with Crippen molar-refractivity contribution in [3.63, 3.8) is 0 Å². The topological polar surface area (TPSA) is 110 Å².